The zero-order chi connectivity index (χ0) is 16.7. The molecule has 0 saturated carbocycles. The second kappa shape index (κ2) is 7.87. The predicted octanol–water partition coefficient (Wildman–Crippen LogP) is 1.30. The third kappa shape index (κ3) is 4.16. The van der Waals surface area contributed by atoms with Crippen molar-refractivity contribution >= 4 is 17.8 Å². The maximum Gasteiger partial charge on any atom is 0.323 e. The van der Waals surface area contributed by atoms with Crippen molar-refractivity contribution in [2.24, 2.45) is 5.41 Å². The molecule has 0 spiro atoms. The van der Waals surface area contributed by atoms with Crippen LogP contribution in [0.1, 0.15) is 19.8 Å². The molecule has 1 aromatic heterocycles. The van der Waals surface area contributed by atoms with Crippen LogP contribution in [0, 0.1) is 5.41 Å². The van der Waals surface area contributed by atoms with Gasteiger partial charge in [0.05, 0.1) is 13.2 Å². The molecule has 0 radical (unpaired) electrons. The number of piperidine rings is 1. The fourth-order valence-corrected chi connectivity index (χ4v) is 2.77. The Hall–Kier alpha value is -2.22. The Balaban J connectivity index is 2.08. The first-order valence-electron chi connectivity index (χ1n) is 7.61. The van der Waals surface area contributed by atoms with Crippen molar-refractivity contribution in [1.29, 1.82) is 0 Å². The summed E-state index contributed by atoms with van der Waals surface area (Å²) in [6, 6.07) is 3.03. The van der Waals surface area contributed by atoms with Crippen molar-refractivity contribution in [2.75, 3.05) is 38.7 Å². The van der Waals surface area contributed by atoms with Gasteiger partial charge < -0.3 is 14.4 Å². The fraction of sp³-hybridized carbons (Fsp3) is 0.600. The lowest BCUT2D eigenvalue weighted by Gasteiger charge is -2.40. The summed E-state index contributed by atoms with van der Waals surface area (Å²) in [7, 11) is 1.54. The number of aromatic nitrogens is 2. The van der Waals surface area contributed by atoms with Gasteiger partial charge >= 0.3 is 12.0 Å². The molecule has 8 nitrogen and oxygen atoms in total. The molecule has 126 valence electrons. The minimum Gasteiger partial charge on any atom is -0.465 e. The van der Waals surface area contributed by atoms with Crippen LogP contribution in [-0.4, -0.2) is 60.5 Å². The van der Waals surface area contributed by atoms with E-state index >= 15 is 0 Å². The van der Waals surface area contributed by atoms with Crippen molar-refractivity contribution in [1.82, 2.24) is 15.1 Å². The molecule has 0 unspecified atom stereocenters. The van der Waals surface area contributed by atoms with Crippen LogP contribution >= 0.6 is 0 Å². The van der Waals surface area contributed by atoms with E-state index in [0.29, 0.717) is 31.8 Å². The Bertz CT molecular complexity index is 536. The summed E-state index contributed by atoms with van der Waals surface area (Å²) < 4.78 is 10.4. The molecule has 23 heavy (non-hydrogen) atoms. The van der Waals surface area contributed by atoms with Gasteiger partial charge in [-0.05, 0) is 31.9 Å². The summed E-state index contributed by atoms with van der Waals surface area (Å²) in [5.74, 6) is 0.0513. The molecule has 0 bridgehead atoms. The number of carbonyl (C=O) groups excluding carboxylic acids is 2. The minimum absolute atomic E-state index is 0.223. The number of nitrogens with zero attached hydrogens (tertiary/aromatic N) is 3. The van der Waals surface area contributed by atoms with Gasteiger partial charge in [-0.2, -0.15) is 5.10 Å². The first kappa shape index (κ1) is 17.1. The van der Waals surface area contributed by atoms with Crippen LogP contribution in [-0.2, 0) is 14.3 Å². The van der Waals surface area contributed by atoms with Crippen molar-refractivity contribution in [2.45, 2.75) is 19.8 Å². The molecule has 0 aromatic carbocycles. The molecule has 1 atom stereocenters. The second-order valence-electron chi connectivity index (χ2n) is 5.50. The van der Waals surface area contributed by atoms with Crippen LogP contribution < -0.4 is 5.32 Å². The van der Waals surface area contributed by atoms with Gasteiger partial charge in [0.1, 0.15) is 5.41 Å². The molecule has 2 amide bonds. The molecular weight excluding hydrogens is 300 g/mol. The first-order valence-corrected chi connectivity index (χ1v) is 7.61. The topological polar surface area (TPSA) is 93.7 Å². The number of hydrogen-bond donors (Lipinski definition) is 1. The molecule has 2 rings (SSSR count). The average molecular weight is 322 g/mol. The van der Waals surface area contributed by atoms with E-state index in [1.807, 2.05) is 0 Å². The highest BCUT2D eigenvalue weighted by Gasteiger charge is 2.45. The maximum atomic E-state index is 12.4. The third-order valence-corrected chi connectivity index (χ3v) is 3.80. The van der Waals surface area contributed by atoms with E-state index in [1.165, 1.54) is 6.20 Å². The number of likely N-dealkylation sites (tertiary alicyclic amines) is 1. The van der Waals surface area contributed by atoms with E-state index in [9.17, 15) is 9.59 Å². The van der Waals surface area contributed by atoms with E-state index in [1.54, 1.807) is 31.1 Å². The number of methoxy groups -OCH3 is 1. The molecule has 1 saturated heterocycles. The van der Waals surface area contributed by atoms with E-state index in [2.05, 4.69) is 15.5 Å². The highest BCUT2D eigenvalue weighted by Crippen LogP contribution is 2.32. The second-order valence-corrected chi connectivity index (χ2v) is 5.50. The van der Waals surface area contributed by atoms with Gasteiger partial charge in [-0.15, -0.1) is 5.10 Å². The average Bonchev–Trinajstić information content (AvgIpc) is 2.56. The summed E-state index contributed by atoms with van der Waals surface area (Å²) in [4.78, 5) is 26.3. The molecule has 2 heterocycles. The lowest BCUT2D eigenvalue weighted by atomic mass is 9.80. The Morgan fingerprint density at radius 1 is 1.48 bits per heavy atom. The smallest absolute Gasteiger partial charge is 0.323 e. The standard InChI is InChI=1S/C15H22N4O4/c1-3-23-13(20)15(11-22-2)7-5-9-19(10-15)14(21)17-12-6-4-8-16-18-12/h4,6,8H,3,5,7,9-11H2,1-2H3,(H,17,18,21)/t15-/m0/s1. The number of ether oxygens (including phenoxy) is 2. The molecule has 1 aliphatic rings. The number of rotatable bonds is 5. The Morgan fingerprint density at radius 3 is 2.96 bits per heavy atom. The van der Waals surface area contributed by atoms with Gasteiger partial charge in [-0.1, -0.05) is 0 Å². The van der Waals surface area contributed by atoms with E-state index in [-0.39, 0.29) is 25.2 Å². The number of amides is 2. The van der Waals surface area contributed by atoms with Crippen LogP contribution in [0.3, 0.4) is 0 Å². The zero-order valence-corrected chi connectivity index (χ0v) is 13.4. The number of hydrogen-bond acceptors (Lipinski definition) is 6. The minimum atomic E-state index is -0.817. The maximum absolute atomic E-state index is 12.4. The van der Waals surface area contributed by atoms with Crippen molar-refractivity contribution < 1.29 is 19.1 Å². The Morgan fingerprint density at radius 2 is 2.30 bits per heavy atom. The third-order valence-electron chi connectivity index (χ3n) is 3.80. The predicted molar refractivity (Wildman–Crippen MR) is 82.8 cm³/mol. The molecule has 0 aliphatic carbocycles. The Labute approximate surface area is 135 Å². The number of nitrogens with one attached hydrogen (secondary N) is 1. The summed E-state index contributed by atoms with van der Waals surface area (Å²) in [5, 5.41) is 10.2. The molecule has 1 N–H and O–H groups in total. The largest absolute Gasteiger partial charge is 0.465 e. The summed E-state index contributed by atoms with van der Waals surface area (Å²) in [5.41, 5.74) is -0.817. The number of carbonyl (C=O) groups is 2. The van der Waals surface area contributed by atoms with Gasteiger partial charge in [0.15, 0.2) is 5.82 Å². The monoisotopic (exact) mass is 322 g/mol. The van der Waals surface area contributed by atoms with Crippen LogP contribution in [0.2, 0.25) is 0 Å². The number of esters is 1. The lowest BCUT2D eigenvalue weighted by molar-refractivity contribution is -0.162. The summed E-state index contributed by atoms with van der Waals surface area (Å²) in [6.07, 6.45) is 2.87. The van der Waals surface area contributed by atoms with Gasteiger partial charge in [0.25, 0.3) is 0 Å². The fourth-order valence-electron chi connectivity index (χ4n) is 2.77. The highest BCUT2D eigenvalue weighted by atomic mass is 16.5. The SMILES string of the molecule is CCOC(=O)[C@@]1(COC)CCCN(C(=O)Nc2cccnn2)C1. The van der Waals surface area contributed by atoms with Crippen LogP contribution in [0.4, 0.5) is 10.6 Å². The number of anilines is 1. The van der Waals surface area contributed by atoms with E-state index in [0.717, 1.165) is 0 Å². The quantitative estimate of drug-likeness (QED) is 0.821. The van der Waals surface area contributed by atoms with E-state index < -0.39 is 5.41 Å². The van der Waals surface area contributed by atoms with Crippen LogP contribution in [0.25, 0.3) is 0 Å². The molecule has 1 aliphatic heterocycles. The first-order chi connectivity index (χ1) is 11.1. The van der Waals surface area contributed by atoms with Crippen molar-refractivity contribution in [3.63, 3.8) is 0 Å². The van der Waals surface area contributed by atoms with Crippen LogP contribution in [0.5, 0.6) is 0 Å². The van der Waals surface area contributed by atoms with Crippen molar-refractivity contribution in [3.05, 3.63) is 18.3 Å². The zero-order valence-electron chi connectivity index (χ0n) is 13.4. The molecule has 1 aromatic rings. The summed E-state index contributed by atoms with van der Waals surface area (Å²) in [6.45, 7) is 3.11. The normalized spacial score (nSPS) is 20.9. The van der Waals surface area contributed by atoms with Gasteiger partial charge in [0.2, 0.25) is 0 Å². The van der Waals surface area contributed by atoms with E-state index in [4.69, 9.17) is 9.47 Å². The number of urea groups is 1. The Kier molecular flexibility index (Phi) is 5.86. The molecular formula is C15H22N4O4. The van der Waals surface area contributed by atoms with Gasteiger partial charge in [-0.3, -0.25) is 10.1 Å². The molecule has 8 heteroatoms. The summed E-state index contributed by atoms with van der Waals surface area (Å²) >= 11 is 0. The van der Waals surface area contributed by atoms with Crippen LogP contribution in [0.15, 0.2) is 18.3 Å². The molecule has 1 fully saturated rings. The highest BCUT2D eigenvalue weighted by molar-refractivity contribution is 5.89. The lowest BCUT2D eigenvalue weighted by Crippen LogP contribution is -2.53. The van der Waals surface area contributed by atoms with Crippen molar-refractivity contribution in [3.8, 4) is 0 Å². The van der Waals surface area contributed by atoms with Gasteiger partial charge in [0, 0.05) is 26.4 Å². The van der Waals surface area contributed by atoms with Gasteiger partial charge in [-0.25, -0.2) is 4.79 Å².